The number of aliphatic hydroxyl groups excluding tert-OH is 1. The number of para-hydroxylation sites is 2. The van der Waals surface area contributed by atoms with Gasteiger partial charge in [-0.05, 0) is 43.3 Å². The van der Waals surface area contributed by atoms with Gasteiger partial charge in [0.15, 0.2) is 0 Å². The highest BCUT2D eigenvalue weighted by atomic mass is 19.4. The molecule has 0 radical (unpaired) electrons. The van der Waals surface area contributed by atoms with Crippen molar-refractivity contribution < 1.29 is 23.1 Å². The molecule has 0 saturated carbocycles. The summed E-state index contributed by atoms with van der Waals surface area (Å²) in [7, 11) is 0. The van der Waals surface area contributed by atoms with E-state index in [9.17, 15) is 23.1 Å². The standard InChI is InChI=1S/C19H19F3N4O2/c1-12(27)10-23-18-25-15-4-2-3-5-16(15)26(18)11-17(28)24-14-8-6-13(7-9-14)19(20,21)22/h2-9,12,27H,10-11H2,1H3,(H,23,25)(H,24,28)/t12-/m1/s1. The van der Waals surface area contributed by atoms with Crippen LogP contribution in [0.4, 0.5) is 24.8 Å². The number of nitrogens with zero attached hydrogens (tertiary/aromatic N) is 2. The number of nitrogens with one attached hydrogen (secondary N) is 2. The van der Waals surface area contributed by atoms with E-state index in [1.54, 1.807) is 23.6 Å². The van der Waals surface area contributed by atoms with Crippen LogP contribution < -0.4 is 10.6 Å². The summed E-state index contributed by atoms with van der Waals surface area (Å²) in [5.74, 6) is 0.00711. The number of rotatable bonds is 6. The zero-order chi connectivity index (χ0) is 20.3. The number of halogens is 3. The lowest BCUT2D eigenvalue weighted by atomic mass is 10.2. The summed E-state index contributed by atoms with van der Waals surface area (Å²) in [5, 5.41) is 15.1. The summed E-state index contributed by atoms with van der Waals surface area (Å²) < 4.78 is 39.6. The molecule has 9 heteroatoms. The lowest BCUT2D eigenvalue weighted by Crippen LogP contribution is -2.22. The van der Waals surface area contributed by atoms with E-state index < -0.39 is 23.8 Å². The molecule has 1 amide bonds. The molecule has 148 valence electrons. The minimum atomic E-state index is -4.43. The number of benzene rings is 2. The Kier molecular flexibility index (Phi) is 5.55. The van der Waals surface area contributed by atoms with E-state index in [-0.39, 0.29) is 18.8 Å². The van der Waals surface area contributed by atoms with E-state index in [0.717, 1.165) is 17.6 Å². The third-order valence-corrected chi connectivity index (χ3v) is 4.01. The average Bonchev–Trinajstić information content (AvgIpc) is 2.97. The first-order valence-electron chi connectivity index (χ1n) is 8.58. The molecule has 0 bridgehead atoms. The van der Waals surface area contributed by atoms with Crippen molar-refractivity contribution in [2.24, 2.45) is 0 Å². The number of alkyl halides is 3. The van der Waals surface area contributed by atoms with Crippen LogP contribution in [-0.4, -0.2) is 33.2 Å². The highest BCUT2D eigenvalue weighted by Gasteiger charge is 2.30. The Morgan fingerprint density at radius 1 is 1.18 bits per heavy atom. The maximum absolute atomic E-state index is 12.6. The molecule has 0 aliphatic carbocycles. The lowest BCUT2D eigenvalue weighted by molar-refractivity contribution is -0.137. The van der Waals surface area contributed by atoms with Gasteiger partial charge in [-0.15, -0.1) is 0 Å². The van der Waals surface area contributed by atoms with Crippen LogP contribution >= 0.6 is 0 Å². The summed E-state index contributed by atoms with van der Waals surface area (Å²) in [6, 6.07) is 11.5. The number of fused-ring (bicyclic) bond motifs is 1. The number of carbonyl (C=O) groups is 1. The first kappa shape index (κ1) is 19.7. The minimum Gasteiger partial charge on any atom is -0.392 e. The molecule has 28 heavy (non-hydrogen) atoms. The summed E-state index contributed by atoms with van der Waals surface area (Å²) in [6.45, 7) is 1.78. The van der Waals surface area contributed by atoms with Gasteiger partial charge >= 0.3 is 6.18 Å². The second kappa shape index (κ2) is 7.89. The predicted molar refractivity (Wildman–Crippen MR) is 100.0 cm³/mol. The average molecular weight is 392 g/mol. The molecule has 0 fully saturated rings. The normalized spacial score (nSPS) is 12.8. The summed E-state index contributed by atoms with van der Waals surface area (Å²) in [6.07, 6.45) is -5.03. The number of aromatic nitrogens is 2. The summed E-state index contributed by atoms with van der Waals surface area (Å²) in [4.78, 5) is 16.9. The van der Waals surface area contributed by atoms with Crippen LogP contribution in [0.3, 0.4) is 0 Å². The Bertz CT molecular complexity index is 965. The van der Waals surface area contributed by atoms with E-state index >= 15 is 0 Å². The molecule has 0 spiro atoms. The van der Waals surface area contributed by atoms with Crippen LogP contribution in [-0.2, 0) is 17.5 Å². The van der Waals surface area contributed by atoms with Crippen molar-refractivity contribution in [2.45, 2.75) is 25.7 Å². The molecule has 1 atom stereocenters. The first-order valence-corrected chi connectivity index (χ1v) is 8.58. The topological polar surface area (TPSA) is 79.2 Å². The number of imidazole rings is 1. The maximum Gasteiger partial charge on any atom is 0.416 e. The van der Waals surface area contributed by atoms with Gasteiger partial charge in [0, 0.05) is 12.2 Å². The van der Waals surface area contributed by atoms with Crippen molar-refractivity contribution in [2.75, 3.05) is 17.2 Å². The second-order valence-corrected chi connectivity index (χ2v) is 6.36. The molecule has 0 aliphatic rings. The fourth-order valence-electron chi connectivity index (χ4n) is 2.70. The van der Waals surface area contributed by atoms with E-state index in [4.69, 9.17) is 0 Å². The van der Waals surface area contributed by atoms with Gasteiger partial charge in [0.05, 0.1) is 22.7 Å². The van der Waals surface area contributed by atoms with Crippen molar-refractivity contribution in [1.82, 2.24) is 9.55 Å². The highest BCUT2D eigenvalue weighted by molar-refractivity contribution is 5.92. The van der Waals surface area contributed by atoms with Gasteiger partial charge in [-0.25, -0.2) is 4.98 Å². The van der Waals surface area contributed by atoms with Crippen molar-refractivity contribution in [3.63, 3.8) is 0 Å². The smallest absolute Gasteiger partial charge is 0.392 e. The van der Waals surface area contributed by atoms with Gasteiger partial charge in [-0.3, -0.25) is 4.79 Å². The van der Waals surface area contributed by atoms with Crippen LogP contribution in [0, 0.1) is 0 Å². The predicted octanol–water partition coefficient (Wildman–Crippen LogP) is 3.49. The first-order chi connectivity index (χ1) is 13.2. The number of carbonyl (C=O) groups excluding carboxylic acids is 1. The van der Waals surface area contributed by atoms with Crippen LogP contribution in [0.1, 0.15) is 12.5 Å². The minimum absolute atomic E-state index is 0.0936. The highest BCUT2D eigenvalue weighted by Crippen LogP contribution is 2.29. The fraction of sp³-hybridized carbons (Fsp3) is 0.263. The number of amides is 1. The van der Waals surface area contributed by atoms with Gasteiger partial charge in [0.2, 0.25) is 11.9 Å². The van der Waals surface area contributed by atoms with E-state index in [0.29, 0.717) is 11.5 Å². The third kappa shape index (κ3) is 4.61. The number of hydrogen-bond donors (Lipinski definition) is 3. The molecule has 3 N–H and O–H groups in total. The monoisotopic (exact) mass is 392 g/mol. The Balaban J connectivity index is 1.77. The SMILES string of the molecule is C[C@@H](O)CNc1nc2ccccc2n1CC(=O)Nc1ccc(C(F)(F)F)cc1. The van der Waals surface area contributed by atoms with Crippen LogP contribution in [0.15, 0.2) is 48.5 Å². The Morgan fingerprint density at radius 3 is 2.50 bits per heavy atom. The van der Waals surface area contributed by atoms with E-state index in [2.05, 4.69) is 15.6 Å². The van der Waals surface area contributed by atoms with Crippen molar-refractivity contribution in [3.05, 3.63) is 54.1 Å². The maximum atomic E-state index is 12.6. The van der Waals surface area contributed by atoms with E-state index in [1.807, 2.05) is 12.1 Å². The van der Waals surface area contributed by atoms with Crippen LogP contribution in [0.2, 0.25) is 0 Å². The molecule has 1 heterocycles. The quantitative estimate of drug-likeness (QED) is 0.600. The zero-order valence-corrected chi connectivity index (χ0v) is 15.0. The molecular formula is C19H19F3N4O2. The largest absolute Gasteiger partial charge is 0.416 e. The second-order valence-electron chi connectivity index (χ2n) is 6.36. The molecule has 3 rings (SSSR count). The van der Waals surface area contributed by atoms with E-state index in [1.165, 1.54) is 12.1 Å². The molecule has 2 aromatic carbocycles. The number of aliphatic hydroxyl groups is 1. The Morgan fingerprint density at radius 2 is 1.86 bits per heavy atom. The van der Waals surface area contributed by atoms with Gasteiger partial charge < -0.3 is 20.3 Å². The zero-order valence-electron chi connectivity index (χ0n) is 15.0. The van der Waals surface area contributed by atoms with Gasteiger partial charge in [-0.1, -0.05) is 12.1 Å². The third-order valence-electron chi connectivity index (χ3n) is 4.01. The molecule has 0 saturated heterocycles. The Labute approximate surface area is 159 Å². The van der Waals surface area contributed by atoms with Crippen molar-refractivity contribution >= 4 is 28.6 Å². The van der Waals surface area contributed by atoms with Gasteiger partial charge in [-0.2, -0.15) is 13.2 Å². The Hall–Kier alpha value is -3.07. The summed E-state index contributed by atoms with van der Waals surface area (Å²) in [5.41, 5.74) is 0.882. The number of anilines is 2. The molecule has 0 aliphatic heterocycles. The van der Waals surface area contributed by atoms with Gasteiger partial charge in [0.25, 0.3) is 0 Å². The van der Waals surface area contributed by atoms with Crippen LogP contribution in [0.5, 0.6) is 0 Å². The number of hydrogen-bond acceptors (Lipinski definition) is 4. The molecule has 3 aromatic rings. The molecular weight excluding hydrogens is 373 g/mol. The van der Waals surface area contributed by atoms with Gasteiger partial charge in [0.1, 0.15) is 6.54 Å². The van der Waals surface area contributed by atoms with Crippen molar-refractivity contribution in [3.8, 4) is 0 Å². The van der Waals surface area contributed by atoms with Crippen molar-refractivity contribution in [1.29, 1.82) is 0 Å². The molecule has 1 aromatic heterocycles. The molecule has 0 unspecified atom stereocenters. The fourth-order valence-corrected chi connectivity index (χ4v) is 2.70. The molecule has 6 nitrogen and oxygen atoms in total. The lowest BCUT2D eigenvalue weighted by Gasteiger charge is -2.13. The summed E-state index contributed by atoms with van der Waals surface area (Å²) >= 11 is 0. The van der Waals surface area contributed by atoms with Crippen LogP contribution in [0.25, 0.3) is 11.0 Å².